The lowest BCUT2D eigenvalue weighted by molar-refractivity contribution is -0.140. The van der Waals surface area contributed by atoms with Crippen molar-refractivity contribution < 1.29 is 23.9 Å². The van der Waals surface area contributed by atoms with E-state index in [0.717, 1.165) is 0 Å². The van der Waals surface area contributed by atoms with Crippen LogP contribution in [0.1, 0.15) is 60.7 Å². The van der Waals surface area contributed by atoms with E-state index >= 15 is 0 Å². The van der Waals surface area contributed by atoms with Gasteiger partial charge in [0.2, 0.25) is 17.5 Å². The highest BCUT2D eigenvalue weighted by molar-refractivity contribution is 5.94. The van der Waals surface area contributed by atoms with E-state index < -0.39 is 17.9 Å². The van der Waals surface area contributed by atoms with Gasteiger partial charge in [0, 0.05) is 17.2 Å². The summed E-state index contributed by atoms with van der Waals surface area (Å²) < 4.78 is 5.76. The number of nitrogens with one attached hydrogen (secondary N) is 3. The number of oxazole rings is 1. The number of carboxylic acid groups (broad SMARTS) is 1. The molecule has 4 N–H and O–H groups in total. The molecule has 1 aromatic carbocycles. The van der Waals surface area contributed by atoms with Crippen LogP contribution >= 0.6 is 0 Å². The zero-order valence-electron chi connectivity index (χ0n) is 20.0. The summed E-state index contributed by atoms with van der Waals surface area (Å²) in [5, 5.41) is 21.5. The van der Waals surface area contributed by atoms with E-state index in [4.69, 9.17) is 4.42 Å². The maximum Gasteiger partial charge on any atom is 0.326 e. The number of H-pyrrole nitrogens is 1. The number of carbonyl (C=O) groups excluding carboxylic acids is 2. The number of nitrogens with zero attached hydrogens (tertiary/aromatic N) is 3. The average molecular weight is 493 g/mol. The molecule has 2 saturated carbocycles. The van der Waals surface area contributed by atoms with Crippen molar-refractivity contribution in [3.8, 4) is 22.8 Å². The molecule has 2 amide bonds. The summed E-state index contributed by atoms with van der Waals surface area (Å²) in [4.78, 5) is 45.0. The fourth-order valence-corrected chi connectivity index (χ4v) is 4.27. The van der Waals surface area contributed by atoms with Crippen molar-refractivity contribution in [3.05, 3.63) is 42.0 Å². The fraction of sp³-hybridized carbons (Fsp3) is 0.440. The first-order valence-electron chi connectivity index (χ1n) is 12.1. The Morgan fingerprint density at radius 2 is 1.75 bits per heavy atom. The van der Waals surface area contributed by atoms with Crippen LogP contribution in [-0.4, -0.2) is 55.1 Å². The van der Waals surface area contributed by atoms with Crippen LogP contribution in [-0.2, 0) is 4.79 Å². The molecule has 0 unspecified atom stereocenters. The second-order valence-corrected chi connectivity index (χ2v) is 9.83. The van der Waals surface area contributed by atoms with Crippen molar-refractivity contribution in [1.29, 1.82) is 0 Å². The molecule has 11 nitrogen and oxygen atoms in total. The molecule has 0 saturated heterocycles. The van der Waals surface area contributed by atoms with E-state index in [2.05, 4.69) is 30.8 Å². The SMILES string of the molecule is CC(C)[C@H](NC(=O)c1nc(-c2cccc(-c3ncc(C(=O)NC(C4CC4)C4CC4)o3)c2)n[nH]1)C(=O)O. The van der Waals surface area contributed by atoms with Gasteiger partial charge >= 0.3 is 5.97 Å². The number of amides is 2. The van der Waals surface area contributed by atoms with Crippen molar-refractivity contribution in [2.45, 2.75) is 51.6 Å². The first-order valence-corrected chi connectivity index (χ1v) is 12.1. The Morgan fingerprint density at radius 1 is 1.06 bits per heavy atom. The van der Waals surface area contributed by atoms with E-state index in [0.29, 0.717) is 23.0 Å². The molecule has 3 aromatic rings. The van der Waals surface area contributed by atoms with Gasteiger partial charge in [-0.15, -0.1) is 0 Å². The van der Waals surface area contributed by atoms with Gasteiger partial charge in [-0.2, -0.15) is 5.10 Å². The van der Waals surface area contributed by atoms with Gasteiger partial charge < -0.3 is 20.2 Å². The van der Waals surface area contributed by atoms with Crippen LogP contribution in [0.15, 0.2) is 34.9 Å². The first kappa shape index (κ1) is 23.7. The molecule has 2 aromatic heterocycles. The number of carboxylic acids is 1. The Labute approximate surface area is 207 Å². The number of aromatic amines is 1. The smallest absolute Gasteiger partial charge is 0.326 e. The Morgan fingerprint density at radius 3 is 2.39 bits per heavy atom. The minimum Gasteiger partial charge on any atom is -0.480 e. The van der Waals surface area contributed by atoms with E-state index in [1.54, 1.807) is 38.1 Å². The monoisotopic (exact) mass is 492 g/mol. The van der Waals surface area contributed by atoms with Gasteiger partial charge in [-0.1, -0.05) is 26.0 Å². The van der Waals surface area contributed by atoms with Crippen LogP contribution in [0.25, 0.3) is 22.8 Å². The van der Waals surface area contributed by atoms with Gasteiger partial charge in [0.15, 0.2) is 5.82 Å². The van der Waals surface area contributed by atoms with Crippen LogP contribution in [0, 0.1) is 17.8 Å². The Hall–Kier alpha value is -4.02. The molecule has 1 atom stereocenters. The summed E-state index contributed by atoms with van der Waals surface area (Å²) in [5.74, 6) is -0.583. The number of carbonyl (C=O) groups is 3. The van der Waals surface area contributed by atoms with Crippen LogP contribution in [0.2, 0.25) is 0 Å². The third-order valence-corrected chi connectivity index (χ3v) is 6.57. The van der Waals surface area contributed by atoms with Crippen molar-refractivity contribution >= 4 is 17.8 Å². The molecule has 188 valence electrons. The molecule has 2 aliphatic carbocycles. The van der Waals surface area contributed by atoms with Crippen molar-refractivity contribution in [3.63, 3.8) is 0 Å². The number of hydrogen-bond acceptors (Lipinski definition) is 7. The highest BCUT2D eigenvalue weighted by atomic mass is 16.4. The fourth-order valence-electron chi connectivity index (χ4n) is 4.27. The lowest BCUT2D eigenvalue weighted by Gasteiger charge is -2.16. The normalized spacial score (nSPS) is 16.2. The van der Waals surface area contributed by atoms with Gasteiger partial charge in [-0.25, -0.2) is 14.8 Å². The zero-order valence-corrected chi connectivity index (χ0v) is 20.0. The van der Waals surface area contributed by atoms with Crippen LogP contribution in [0.4, 0.5) is 0 Å². The predicted molar refractivity (Wildman–Crippen MR) is 128 cm³/mol. The third kappa shape index (κ3) is 5.14. The van der Waals surface area contributed by atoms with Gasteiger partial charge in [0.05, 0.1) is 6.20 Å². The molecular formula is C25H28N6O5. The van der Waals surface area contributed by atoms with E-state index in [1.165, 1.54) is 31.9 Å². The summed E-state index contributed by atoms with van der Waals surface area (Å²) in [6, 6.07) is 6.22. The molecule has 11 heteroatoms. The Balaban J connectivity index is 1.28. The molecule has 0 aliphatic heterocycles. The maximum atomic E-state index is 12.7. The quantitative estimate of drug-likeness (QED) is 0.336. The molecule has 0 spiro atoms. The average Bonchev–Trinajstić information content (AvgIpc) is 3.78. The number of rotatable bonds is 10. The van der Waals surface area contributed by atoms with Gasteiger partial charge in [-0.05, 0) is 55.6 Å². The molecule has 5 rings (SSSR count). The van der Waals surface area contributed by atoms with E-state index in [9.17, 15) is 19.5 Å². The van der Waals surface area contributed by atoms with Gasteiger partial charge in [-0.3, -0.25) is 14.7 Å². The third-order valence-electron chi connectivity index (χ3n) is 6.57. The van der Waals surface area contributed by atoms with E-state index in [1.807, 2.05) is 0 Å². The predicted octanol–water partition coefficient (Wildman–Crippen LogP) is 2.88. The first-order chi connectivity index (χ1) is 17.3. The van der Waals surface area contributed by atoms with Crippen molar-refractivity contribution in [2.24, 2.45) is 17.8 Å². The molecule has 36 heavy (non-hydrogen) atoms. The second-order valence-electron chi connectivity index (χ2n) is 9.83. The molecule has 0 bridgehead atoms. The van der Waals surface area contributed by atoms with Gasteiger partial charge in [0.25, 0.3) is 11.8 Å². The molecule has 2 fully saturated rings. The number of aliphatic carboxylic acids is 1. The number of hydrogen-bond donors (Lipinski definition) is 4. The minimum atomic E-state index is -1.12. The molecule has 2 aliphatic rings. The number of benzene rings is 1. The number of aromatic nitrogens is 4. The lowest BCUT2D eigenvalue weighted by Crippen LogP contribution is -2.44. The highest BCUT2D eigenvalue weighted by Crippen LogP contribution is 2.44. The van der Waals surface area contributed by atoms with Crippen LogP contribution < -0.4 is 10.6 Å². The largest absolute Gasteiger partial charge is 0.480 e. The summed E-state index contributed by atoms with van der Waals surface area (Å²) in [6.45, 7) is 3.40. The van der Waals surface area contributed by atoms with Gasteiger partial charge in [0.1, 0.15) is 6.04 Å². The van der Waals surface area contributed by atoms with Crippen LogP contribution in [0.3, 0.4) is 0 Å². The van der Waals surface area contributed by atoms with Crippen LogP contribution in [0.5, 0.6) is 0 Å². The summed E-state index contributed by atoms with van der Waals surface area (Å²) in [5.41, 5.74) is 1.21. The lowest BCUT2D eigenvalue weighted by atomic mass is 10.0. The highest BCUT2D eigenvalue weighted by Gasteiger charge is 2.42. The summed E-state index contributed by atoms with van der Waals surface area (Å²) in [7, 11) is 0. The molecule has 2 heterocycles. The Kier molecular flexibility index (Phi) is 6.29. The van der Waals surface area contributed by atoms with E-state index in [-0.39, 0.29) is 41.2 Å². The molecule has 0 radical (unpaired) electrons. The maximum absolute atomic E-state index is 12.7. The molecular weight excluding hydrogens is 464 g/mol. The minimum absolute atomic E-state index is 0.0988. The Bertz CT molecular complexity index is 1280. The van der Waals surface area contributed by atoms with Crippen molar-refractivity contribution in [2.75, 3.05) is 0 Å². The summed E-state index contributed by atoms with van der Waals surface area (Å²) in [6.07, 6.45) is 6.09. The zero-order chi connectivity index (χ0) is 25.4. The second kappa shape index (κ2) is 9.56. The summed E-state index contributed by atoms with van der Waals surface area (Å²) >= 11 is 0. The standard InChI is InChI=1S/C25H28N6O5/c1-12(2)18(25(34)35)27-23(33)21-29-20(30-31-21)15-4-3-5-16(10-15)24-26-11-17(36-24)22(32)28-19(13-6-7-13)14-8-9-14/h3-5,10-14,18-19H,6-9H2,1-2H3,(H,27,33)(H,28,32)(H,34,35)(H,29,30,31)/t18-/m0/s1. The van der Waals surface area contributed by atoms with Crippen molar-refractivity contribution in [1.82, 2.24) is 30.8 Å². The topological polar surface area (TPSA) is 163 Å².